The first kappa shape index (κ1) is 23.6. The van der Waals surface area contributed by atoms with Crippen molar-refractivity contribution in [1.29, 1.82) is 0 Å². The van der Waals surface area contributed by atoms with Crippen molar-refractivity contribution >= 4 is 20.4 Å². The molecule has 0 saturated heterocycles. The Bertz CT molecular complexity index is 1030. The maximum atomic E-state index is 14.8. The Balaban J connectivity index is 1.67. The summed E-state index contributed by atoms with van der Waals surface area (Å²) in [6.07, 6.45) is 1.10. The van der Waals surface area contributed by atoms with Gasteiger partial charge in [-0.15, -0.1) is 4.52 Å². The van der Waals surface area contributed by atoms with Crippen LogP contribution in [-0.4, -0.2) is 23.9 Å². The smallest absolute Gasteiger partial charge is 0.394 e. The number of aryl methyl sites for hydroxylation is 2. The Morgan fingerprint density at radius 1 is 1.10 bits per heavy atom. The van der Waals surface area contributed by atoms with Gasteiger partial charge in [-0.25, -0.2) is 4.39 Å². The molecule has 162 valence electrons. The summed E-state index contributed by atoms with van der Waals surface area (Å²) in [6, 6.07) is 21.1. The number of aliphatic hydroxyl groups is 1. The van der Waals surface area contributed by atoms with E-state index in [2.05, 4.69) is 6.07 Å². The van der Waals surface area contributed by atoms with Crippen LogP contribution in [0, 0.1) is 12.7 Å². The van der Waals surface area contributed by atoms with Gasteiger partial charge in [0.2, 0.25) is 0 Å². The highest BCUT2D eigenvalue weighted by Crippen LogP contribution is 2.32. The van der Waals surface area contributed by atoms with Crippen LogP contribution < -0.4 is 5.73 Å². The number of benzene rings is 3. The first-order valence-electron chi connectivity index (χ1n) is 9.94. The molecule has 0 aliphatic heterocycles. The van der Waals surface area contributed by atoms with Crippen molar-refractivity contribution in [3.8, 4) is 11.1 Å². The quantitative estimate of drug-likeness (QED) is 0.391. The highest BCUT2D eigenvalue weighted by atomic mass is 32.2. The van der Waals surface area contributed by atoms with Crippen LogP contribution in [0.15, 0.2) is 76.5 Å². The van der Waals surface area contributed by atoms with E-state index in [4.69, 9.17) is 10.3 Å². The summed E-state index contributed by atoms with van der Waals surface area (Å²) in [5.41, 5.74) is 8.69. The average Bonchev–Trinajstić information content (AvgIpc) is 2.77. The second-order valence-electron chi connectivity index (χ2n) is 7.65. The molecule has 4 nitrogen and oxygen atoms in total. The molecule has 0 saturated carbocycles. The predicted octanol–water partition coefficient (Wildman–Crippen LogP) is 5.53. The highest BCUT2D eigenvalue weighted by molar-refractivity contribution is 7.99. The van der Waals surface area contributed by atoms with E-state index >= 15 is 0 Å². The van der Waals surface area contributed by atoms with E-state index in [1.54, 1.807) is 12.1 Å². The summed E-state index contributed by atoms with van der Waals surface area (Å²) in [5, 5.41) is 9.49. The van der Waals surface area contributed by atoms with Gasteiger partial charge in [0.1, 0.15) is 12.4 Å². The van der Waals surface area contributed by atoms with E-state index in [1.807, 2.05) is 55.5 Å². The zero-order chi connectivity index (χ0) is 22.3. The maximum absolute atomic E-state index is 14.8. The van der Waals surface area contributed by atoms with Gasteiger partial charge in [-0.05, 0) is 59.7 Å². The Morgan fingerprint density at radius 2 is 1.84 bits per heavy atom. The molecule has 3 aromatic rings. The van der Waals surface area contributed by atoms with Crippen LogP contribution in [-0.2, 0) is 15.5 Å². The van der Waals surface area contributed by atoms with Crippen LogP contribution in [0.1, 0.15) is 17.5 Å². The van der Waals surface area contributed by atoms with Crippen molar-refractivity contribution in [1.82, 2.24) is 0 Å². The lowest BCUT2D eigenvalue weighted by Crippen LogP contribution is -2.47. The number of rotatable bonds is 10. The molecule has 3 rings (SSSR count). The standard InChI is InChI=1S/C24H26FNO3PS/c1-17-3-2-4-20(13-17)31-21-9-10-22(23(25)14-21)19-7-5-18(6-8-19)11-12-24(26,15-27)16-29-30-28/h2-10,13-14,27,30H,11-12,15-16,26H2,1H3/q+1. The first-order valence-corrected chi connectivity index (χ1v) is 11.6. The van der Waals surface area contributed by atoms with E-state index in [-0.39, 0.29) is 19.0 Å². The summed E-state index contributed by atoms with van der Waals surface area (Å²) in [5.74, 6) is -0.262. The lowest BCUT2D eigenvalue weighted by molar-refractivity contribution is 0.133. The van der Waals surface area contributed by atoms with Crippen molar-refractivity contribution in [2.75, 3.05) is 13.2 Å². The van der Waals surface area contributed by atoms with Gasteiger partial charge in [0, 0.05) is 15.4 Å². The fraction of sp³-hybridized carbons (Fsp3) is 0.250. The van der Waals surface area contributed by atoms with Crippen LogP contribution in [0.3, 0.4) is 0 Å². The van der Waals surface area contributed by atoms with Gasteiger partial charge in [-0.1, -0.05) is 59.8 Å². The van der Waals surface area contributed by atoms with Gasteiger partial charge >= 0.3 is 8.69 Å². The molecule has 2 unspecified atom stereocenters. The fourth-order valence-corrected chi connectivity index (χ4v) is 4.53. The first-order chi connectivity index (χ1) is 14.9. The van der Waals surface area contributed by atoms with Gasteiger partial charge in [0.15, 0.2) is 0 Å². The fourth-order valence-electron chi connectivity index (χ4n) is 3.22. The SMILES string of the molecule is Cc1cccc(Sc2ccc(-c3ccc(CCC(N)(CO)CO[PH+]=O)cc3)c(F)c2)c1. The lowest BCUT2D eigenvalue weighted by Gasteiger charge is -2.24. The van der Waals surface area contributed by atoms with Crippen LogP contribution in [0.5, 0.6) is 0 Å². The number of nitrogens with two attached hydrogens (primary N) is 1. The van der Waals surface area contributed by atoms with Crippen molar-refractivity contribution < 1.29 is 18.6 Å². The monoisotopic (exact) mass is 458 g/mol. The number of hydrogen-bond acceptors (Lipinski definition) is 5. The van der Waals surface area contributed by atoms with Crippen LogP contribution in [0.2, 0.25) is 0 Å². The molecule has 0 aliphatic carbocycles. The molecule has 0 bridgehead atoms. The Labute approximate surface area is 187 Å². The van der Waals surface area contributed by atoms with E-state index in [1.165, 1.54) is 17.3 Å². The molecule has 0 aromatic heterocycles. The molecule has 0 amide bonds. The van der Waals surface area contributed by atoms with E-state index in [9.17, 15) is 14.1 Å². The largest absolute Gasteiger partial charge is 0.494 e. The minimum atomic E-state index is -0.938. The lowest BCUT2D eigenvalue weighted by atomic mass is 9.93. The highest BCUT2D eigenvalue weighted by Gasteiger charge is 2.26. The van der Waals surface area contributed by atoms with Crippen molar-refractivity contribution in [3.63, 3.8) is 0 Å². The average molecular weight is 459 g/mol. The van der Waals surface area contributed by atoms with Gasteiger partial charge in [-0.2, -0.15) is 0 Å². The molecule has 31 heavy (non-hydrogen) atoms. The third-order valence-corrected chi connectivity index (χ3v) is 6.32. The minimum absolute atomic E-state index is 0.0294. The van der Waals surface area contributed by atoms with E-state index < -0.39 is 14.2 Å². The molecule has 0 heterocycles. The number of aliphatic hydroxyl groups excluding tert-OH is 1. The molecule has 2 atom stereocenters. The van der Waals surface area contributed by atoms with Crippen molar-refractivity contribution in [3.05, 3.63) is 83.7 Å². The molecule has 3 N–H and O–H groups in total. The summed E-state index contributed by atoms with van der Waals surface area (Å²) in [4.78, 5) is 1.93. The Kier molecular flexibility index (Phi) is 8.35. The third kappa shape index (κ3) is 6.70. The van der Waals surface area contributed by atoms with Gasteiger partial charge in [0.05, 0.1) is 12.1 Å². The van der Waals surface area contributed by atoms with Gasteiger partial charge in [0.25, 0.3) is 0 Å². The van der Waals surface area contributed by atoms with E-state index in [0.717, 1.165) is 20.9 Å². The minimum Gasteiger partial charge on any atom is -0.394 e. The van der Waals surface area contributed by atoms with Crippen molar-refractivity contribution in [2.24, 2.45) is 5.73 Å². The van der Waals surface area contributed by atoms with Crippen LogP contribution in [0.4, 0.5) is 4.39 Å². The Morgan fingerprint density at radius 3 is 2.48 bits per heavy atom. The number of hydrogen-bond donors (Lipinski definition) is 2. The van der Waals surface area contributed by atoms with E-state index in [0.29, 0.717) is 18.4 Å². The maximum Gasteiger partial charge on any atom is 0.494 e. The zero-order valence-corrected chi connectivity index (χ0v) is 19.1. The van der Waals surface area contributed by atoms with Gasteiger partial charge < -0.3 is 10.8 Å². The summed E-state index contributed by atoms with van der Waals surface area (Å²) >= 11 is 1.54. The van der Waals surface area contributed by atoms with Crippen LogP contribution in [0.25, 0.3) is 11.1 Å². The molecule has 3 aromatic carbocycles. The summed E-state index contributed by atoms with van der Waals surface area (Å²) in [7, 11) is -0.902. The second kappa shape index (κ2) is 11.0. The number of halogens is 1. The normalized spacial score (nSPS) is 13.3. The molecular formula is C24H26FNO3PS+. The Hall–Kier alpha value is -2.08. The molecule has 0 aliphatic rings. The topological polar surface area (TPSA) is 72.6 Å². The molecular weight excluding hydrogens is 432 g/mol. The van der Waals surface area contributed by atoms with Gasteiger partial charge in [-0.3, -0.25) is 0 Å². The molecule has 0 spiro atoms. The second-order valence-corrected chi connectivity index (χ2v) is 9.25. The molecule has 0 fully saturated rings. The third-order valence-electron chi connectivity index (χ3n) is 5.08. The molecule has 7 heteroatoms. The predicted molar refractivity (Wildman–Crippen MR) is 124 cm³/mol. The molecule has 0 radical (unpaired) electrons. The van der Waals surface area contributed by atoms with Crippen LogP contribution >= 0.6 is 20.4 Å². The summed E-state index contributed by atoms with van der Waals surface area (Å²) in [6.45, 7) is 1.81. The summed E-state index contributed by atoms with van der Waals surface area (Å²) < 4.78 is 30.2. The van der Waals surface area contributed by atoms with Crippen molar-refractivity contribution in [2.45, 2.75) is 35.1 Å². The zero-order valence-electron chi connectivity index (χ0n) is 17.3.